The van der Waals surface area contributed by atoms with Crippen LogP contribution in [0.5, 0.6) is 0 Å². The molecule has 0 spiro atoms. The second-order valence-corrected chi connectivity index (χ2v) is 5.68. The van der Waals surface area contributed by atoms with E-state index in [1.807, 2.05) is 6.20 Å². The number of rotatable bonds is 4. The molecule has 0 bridgehead atoms. The monoisotopic (exact) mass is 313 g/mol. The minimum Gasteiger partial charge on any atom is -0.420 e. The van der Waals surface area contributed by atoms with E-state index in [4.69, 9.17) is 4.42 Å². The Morgan fingerprint density at radius 3 is 3.04 bits per heavy atom. The van der Waals surface area contributed by atoms with Gasteiger partial charge in [0.15, 0.2) is 0 Å². The number of hydrogen-bond acceptors (Lipinski definition) is 5. The molecule has 1 N–H and O–H groups in total. The van der Waals surface area contributed by atoms with Crippen LogP contribution in [0.4, 0.5) is 4.39 Å². The molecular formula is C16H16FN5O. The van der Waals surface area contributed by atoms with Gasteiger partial charge in [0, 0.05) is 18.9 Å². The van der Waals surface area contributed by atoms with Crippen molar-refractivity contribution in [1.82, 2.24) is 25.1 Å². The molecule has 4 rings (SSSR count). The van der Waals surface area contributed by atoms with Crippen LogP contribution in [0, 0.1) is 5.82 Å². The fourth-order valence-corrected chi connectivity index (χ4v) is 2.92. The molecule has 0 unspecified atom stereocenters. The quantitative estimate of drug-likeness (QED) is 0.801. The highest BCUT2D eigenvalue weighted by Crippen LogP contribution is 2.29. The van der Waals surface area contributed by atoms with E-state index in [9.17, 15) is 4.39 Å². The Morgan fingerprint density at radius 2 is 2.22 bits per heavy atom. The lowest BCUT2D eigenvalue weighted by atomic mass is 10.1. The van der Waals surface area contributed by atoms with Crippen LogP contribution in [-0.4, -0.2) is 38.2 Å². The number of imidazole rings is 1. The minimum absolute atomic E-state index is 0.179. The minimum atomic E-state index is -0.353. The van der Waals surface area contributed by atoms with Crippen LogP contribution in [0.2, 0.25) is 0 Å². The zero-order valence-corrected chi connectivity index (χ0v) is 12.4. The number of likely N-dealkylation sites (tertiary alicyclic amines) is 1. The Hall–Kier alpha value is -2.54. The number of H-pyrrole nitrogens is 1. The molecule has 1 saturated heterocycles. The molecule has 1 atom stereocenters. The van der Waals surface area contributed by atoms with Crippen molar-refractivity contribution < 1.29 is 8.81 Å². The third-order valence-corrected chi connectivity index (χ3v) is 4.09. The Labute approximate surface area is 132 Å². The number of aromatic nitrogens is 4. The van der Waals surface area contributed by atoms with Crippen molar-refractivity contribution in [1.29, 1.82) is 0 Å². The van der Waals surface area contributed by atoms with Crippen LogP contribution in [0.25, 0.3) is 11.5 Å². The second kappa shape index (κ2) is 5.92. The second-order valence-electron chi connectivity index (χ2n) is 5.68. The summed E-state index contributed by atoms with van der Waals surface area (Å²) in [5.74, 6) is 1.59. The summed E-state index contributed by atoms with van der Waals surface area (Å²) in [4.78, 5) is 9.63. The summed E-state index contributed by atoms with van der Waals surface area (Å²) in [6.07, 6.45) is 4.52. The summed E-state index contributed by atoms with van der Waals surface area (Å²) in [7, 11) is 0. The fourth-order valence-electron chi connectivity index (χ4n) is 2.92. The van der Waals surface area contributed by atoms with E-state index < -0.39 is 0 Å². The largest absolute Gasteiger partial charge is 0.420 e. The van der Waals surface area contributed by atoms with Crippen molar-refractivity contribution in [3.05, 3.63) is 54.2 Å². The Morgan fingerprint density at radius 1 is 1.30 bits per heavy atom. The van der Waals surface area contributed by atoms with Gasteiger partial charge in [-0.3, -0.25) is 4.90 Å². The van der Waals surface area contributed by atoms with Crippen molar-refractivity contribution in [3.63, 3.8) is 0 Å². The number of nitrogens with zero attached hydrogens (tertiary/aromatic N) is 4. The summed E-state index contributed by atoms with van der Waals surface area (Å²) in [6, 6.07) is 6.42. The molecule has 2 aromatic heterocycles. The van der Waals surface area contributed by atoms with Gasteiger partial charge in [0.25, 0.3) is 5.89 Å². The van der Waals surface area contributed by atoms with Gasteiger partial charge in [-0.1, -0.05) is 12.1 Å². The zero-order valence-electron chi connectivity index (χ0n) is 12.4. The van der Waals surface area contributed by atoms with Crippen LogP contribution in [0.3, 0.4) is 0 Å². The molecule has 3 aromatic rings. The van der Waals surface area contributed by atoms with Gasteiger partial charge in [-0.2, -0.15) is 0 Å². The van der Waals surface area contributed by atoms with Crippen LogP contribution in [-0.2, 0) is 6.54 Å². The first-order valence-electron chi connectivity index (χ1n) is 7.58. The molecule has 23 heavy (non-hydrogen) atoms. The smallest absolute Gasteiger partial charge is 0.250 e. The summed E-state index contributed by atoms with van der Waals surface area (Å²) < 4.78 is 19.5. The molecule has 1 aliphatic rings. The maximum Gasteiger partial charge on any atom is 0.250 e. The van der Waals surface area contributed by atoms with Crippen LogP contribution < -0.4 is 0 Å². The Bertz CT molecular complexity index is 785. The van der Waals surface area contributed by atoms with Gasteiger partial charge in [0.1, 0.15) is 11.6 Å². The lowest BCUT2D eigenvalue weighted by Crippen LogP contribution is -2.20. The highest BCUT2D eigenvalue weighted by atomic mass is 19.1. The van der Waals surface area contributed by atoms with Gasteiger partial charge in [-0.25, -0.2) is 9.37 Å². The third-order valence-electron chi connectivity index (χ3n) is 4.09. The molecule has 118 valence electrons. The third kappa shape index (κ3) is 2.87. The normalized spacial score (nSPS) is 18.6. The van der Waals surface area contributed by atoms with E-state index in [1.165, 1.54) is 6.07 Å². The SMILES string of the molecule is Fc1ccccc1-c1nnc([C@H]2CCN(Cc3ncc[nH]3)C2)o1. The molecule has 0 aliphatic carbocycles. The van der Waals surface area contributed by atoms with Gasteiger partial charge in [0.2, 0.25) is 5.89 Å². The lowest BCUT2D eigenvalue weighted by molar-refractivity contribution is 0.313. The Kier molecular flexibility index (Phi) is 3.63. The molecular weight excluding hydrogens is 297 g/mol. The van der Waals surface area contributed by atoms with E-state index in [-0.39, 0.29) is 17.6 Å². The molecule has 1 aromatic carbocycles. The average Bonchev–Trinajstić information content (AvgIpc) is 3.29. The first-order valence-corrected chi connectivity index (χ1v) is 7.58. The van der Waals surface area contributed by atoms with Crippen molar-refractivity contribution in [2.24, 2.45) is 0 Å². The first-order chi connectivity index (χ1) is 11.3. The van der Waals surface area contributed by atoms with Crippen molar-refractivity contribution in [2.75, 3.05) is 13.1 Å². The number of hydrogen-bond donors (Lipinski definition) is 1. The number of halogens is 1. The van der Waals surface area contributed by atoms with E-state index in [0.717, 1.165) is 31.9 Å². The number of aromatic amines is 1. The van der Waals surface area contributed by atoms with Crippen molar-refractivity contribution >= 4 is 0 Å². The average molecular weight is 313 g/mol. The van der Waals surface area contributed by atoms with Gasteiger partial charge in [0.05, 0.1) is 18.0 Å². The first kappa shape index (κ1) is 14.1. The fraction of sp³-hybridized carbons (Fsp3) is 0.312. The maximum absolute atomic E-state index is 13.8. The maximum atomic E-state index is 13.8. The van der Waals surface area contributed by atoms with Gasteiger partial charge in [-0.15, -0.1) is 10.2 Å². The summed E-state index contributed by atoms with van der Waals surface area (Å²) in [5.41, 5.74) is 0.344. The summed E-state index contributed by atoms with van der Waals surface area (Å²) in [5, 5.41) is 8.11. The Balaban J connectivity index is 1.47. The summed E-state index contributed by atoms with van der Waals surface area (Å²) >= 11 is 0. The van der Waals surface area contributed by atoms with Crippen molar-refractivity contribution in [3.8, 4) is 11.5 Å². The molecule has 6 nitrogen and oxygen atoms in total. The van der Waals surface area contributed by atoms with Gasteiger partial charge in [-0.05, 0) is 25.1 Å². The molecule has 3 heterocycles. The molecule has 1 aliphatic heterocycles. The predicted octanol–water partition coefficient (Wildman–Crippen LogP) is 2.59. The highest BCUT2D eigenvalue weighted by Gasteiger charge is 2.29. The van der Waals surface area contributed by atoms with E-state index >= 15 is 0 Å². The number of benzene rings is 1. The molecule has 0 saturated carbocycles. The molecule has 0 amide bonds. The van der Waals surface area contributed by atoms with Gasteiger partial charge >= 0.3 is 0 Å². The van der Waals surface area contributed by atoms with Gasteiger partial charge < -0.3 is 9.40 Å². The van der Waals surface area contributed by atoms with Crippen LogP contribution >= 0.6 is 0 Å². The summed E-state index contributed by atoms with van der Waals surface area (Å²) in [6.45, 7) is 2.56. The molecule has 1 fully saturated rings. The van der Waals surface area contributed by atoms with Crippen LogP contribution in [0.1, 0.15) is 24.1 Å². The standard InChI is InChI=1S/C16H16FN5O/c17-13-4-2-1-3-12(13)16-21-20-15(23-16)11-5-8-22(9-11)10-14-18-6-7-19-14/h1-4,6-7,11H,5,8-10H2,(H,18,19)/t11-/m0/s1. The van der Waals surface area contributed by atoms with Crippen molar-refractivity contribution in [2.45, 2.75) is 18.9 Å². The topological polar surface area (TPSA) is 70.8 Å². The zero-order chi connectivity index (χ0) is 15.6. The van der Waals surface area contributed by atoms with Crippen LogP contribution in [0.15, 0.2) is 41.1 Å². The number of nitrogens with one attached hydrogen (secondary N) is 1. The predicted molar refractivity (Wildman–Crippen MR) is 80.9 cm³/mol. The van der Waals surface area contributed by atoms with E-state index in [2.05, 4.69) is 25.1 Å². The molecule has 0 radical (unpaired) electrons. The highest BCUT2D eigenvalue weighted by molar-refractivity contribution is 5.53. The van der Waals surface area contributed by atoms with E-state index in [0.29, 0.717) is 11.5 Å². The lowest BCUT2D eigenvalue weighted by Gasteiger charge is -2.12. The van der Waals surface area contributed by atoms with E-state index in [1.54, 1.807) is 24.4 Å². The molecule has 7 heteroatoms.